The van der Waals surface area contributed by atoms with Gasteiger partial charge < -0.3 is 14.7 Å². The maximum atomic E-state index is 12.7. The molecule has 0 aliphatic carbocycles. The lowest BCUT2D eigenvalue weighted by Crippen LogP contribution is -2.46. The Bertz CT molecular complexity index is 876. The summed E-state index contributed by atoms with van der Waals surface area (Å²) in [5.74, 6) is 1.94. The highest BCUT2D eigenvalue weighted by Gasteiger charge is 2.20. The van der Waals surface area contributed by atoms with Crippen LogP contribution < -0.4 is 4.90 Å². The number of carbonyl (C=O) groups is 1. The molecule has 2 saturated heterocycles. The minimum atomic E-state index is 0.152. The number of likely N-dealkylation sites (tertiary alicyclic amines) is 1. The molecular formula is C23H31N5OS. The zero-order chi connectivity index (χ0) is 20.9. The smallest absolute Gasteiger partial charge is 0.253 e. The number of aryl methyl sites for hydroxylation is 1. The molecule has 0 atom stereocenters. The number of hydrogen-bond donors (Lipinski definition) is 0. The summed E-state index contributed by atoms with van der Waals surface area (Å²) in [6.45, 7) is 11.3. The van der Waals surface area contributed by atoms with Crippen molar-refractivity contribution in [1.29, 1.82) is 0 Å². The molecule has 2 fully saturated rings. The minimum absolute atomic E-state index is 0.152. The molecule has 1 amide bonds. The molecule has 2 aliphatic heterocycles. The Labute approximate surface area is 183 Å². The van der Waals surface area contributed by atoms with E-state index in [1.807, 2.05) is 30.0 Å². The number of nitrogens with zero attached hydrogens (tertiary/aromatic N) is 5. The summed E-state index contributed by atoms with van der Waals surface area (Å²) in [5.41, 5.74) is 2.92. The van der Waals surface area contributed by atoms with Gasteiger partial charge >= 0.3 is 0 Å². The molecule has 160 valence electrons. The second-order valence-electron chi connectivity index (χ2n) is 8.06. The van der Waals surface area contributed by atoms with Crippen LogP contribution >= 0.6 is 11.8 Å². The van der Waals surface area contributed by atoms with Crippen LogP contribution in [-0.4, -0.2) is 71.5 Å². The Kier molecular flexibility index (Phi) is 6.89. The van der Waals surface area contributed by atoms with Gasteiger partial charge in [0.05, 0.1) is 0 Å². The number of rotatable bonds is 6. The number of piperazine rings is 1. The molecule has 30 heavy (non-hydrogen) atoms. The summed E-state index contributed by atoms with van der Waals surface area (Å²) in [6.07, 6.45) is 2.23. The molecule has 1 aromatic carbocycles. The van der Waals surface area contributed by atoms with E-state index < -0.39 is 0 Å². The Hall–Kier alpha value is -2.12. The van der Waals surface area contributed by atoms with E-state index >= 15 is 0 Å². The second kappa shape index (κ2) is 9.79. The van der Waals surface area contributed by atoms with Gasteiger partial charge in [-0.3, -0.25) is 4.79 Å². The van der Waals surface area contributed by atoms with Crippen LogP contribution in [0, 0.1) is 6.92 Å². The average Bonchev–Trinajstić information content (AvgIpc) is 3.32. The predicted molar refractivity (Wildman–Crippen MR) is 122 cm³/mol. The van der Waals surface area contributed by atoms with Crippen molar-refractivity contribution in [2.45, 2.75) is 37.6 Å². The molecule has 0 bridgehead atoms. The van der Waals surface area contributed by atoms with Gasteiger partial charge in [0.15, 0.2) is 5.16 Å². The normalized spacial score (nSPS) is 17.5. The van der Waals surface area contributed by atoms with Gasteiger partial charge in [0.1, 0.15) is 5.82 Å². The van der Waals surface area contributed by atoms with Gasteiger partial charge in [0.25, 0.3) is 5.91 Å². The Morgan fingerprint density at radius 2 is 1.80 bits per heavy atom. The zero-order valence-electron chi connectivity index (χ0n) is 18.0. The first-order valence-electron chi connectivity index (χ1n) is 11.0. The van der Waals surface area contributed by atoms with E-state index in [2.05, 4.69) is 33.8 Å². The van der Waals surface area contributed by atoms with Crippen LogP contribution in [0.15, 0.2) is 35.5 Å². The molecule has 2 aliphatic rings. The van der Waals surface area contributed by atoms with Crippen LogP contribution in [0.2, 0.25) is 0 Å². The number of thioether (sulfide) groups is 1. The van der Waals surface area contributed by atoms with E-state index in [-0.39, 0.29) is 5.91 Å². The van der Waals surface area contributed by atoms with Gasteiger partial charge in [-0.15, -0.1) is 0 Å². The highest BCUT2D eigenvalue weighted by atomic mass is 32.2. The molecular weight excluding hydrogens is 394 g/mol. The van der Waals surface area contributed by atoms with Gasteiger partial charge in [-0.05, 0) is 44.0 Å². The molecule has 0 unspecified atom stereocenters. The van der Waals surface area contributed by atoms with Gasteiger partial charge in [-0.2, -0.15) is 0 Å². The van der Waals surface area contributed by atoms with Crippen molar-refractivity contribution in [2.24, 2.45) is 0 Å². The van der Waals surface area contributed by atoms with Crippen molar-refractivity contribution in [2.75, 3.05) is 50.7 Å². The van der Waals surface area contributed by atoms with Crippen molar-refractivity contribution in [3.8, 4) is 0 Å². The first-order chi connectivity index (χ1) is 14.6. The molecule has 0 spiro atoms. The first kappa shape index (κ1) is 21.1. The summed E-state index contributed by atoms with van der Waals surface area (Å²) < 4.78 is 0. The van der Waals surface area contributed by atoms with Crippen LogP contribution in [0.1, 0.15) is 41.4 Å². The van der Waals surface area contributed by atoms with Crippen molar-refractivity contribution >= 4 is 23.5 Å². The number of anilines is 1. The first-order valence-corrected chi connectivity index (χ1v) is 11.9. The molecule has 0 N–H and O–H groups in total. The fourth-order valence-electron chi connectivity index (χ4n) is 4.09. The third-order valence-corrected chi connectivity index (χ3v) is 6.82. The zero-order valence-corrected chi connectivity index (χ0v) is 18.8. The monoisotopic (exact) mass is 425 g/mol. The fourth-order valence-corrected chi connectivity index (χ4v) is 4.93. The van der Waals surface area contributed by atoms with E-state index in [4.69, 9.17) is 4.98 Å². The Morgan fingerprint density at radius 3 is 2.53 bits per heavy atom. The van der Waals surface area contributed by atoms with Crippen LogP contribution in [0.3, 0.4) is 0 Å². The lowest BCUT2D eigenvalue weighted by molar-refractivity contribution is 0.0792. The van der Waals surface area contributed by atoms with E-state index in [1.54, 1.807) is 11.8 Å². The summed E-state index contributed by atoms with van der Waals surface area (Å²) >= 11 is 1.64. The minimum Gasteiger partial charge on any atom is -0.354 e. The lowest BCUT2D eigenvalue weighted by Gasteiger charge is -2.34. The van der Waals surface area contributed by atoms with Gasteiger partial charge in [-0.25, -0.2) is 9.97 Å². The number of likely N-dealkylation sites (N-methyl/N-ethyl adjacent to an activating group) is 1. The Morgan fingerprint density at radius 1 is 1.03 bits per heavy atom. The van der Waals surface area contributed by atoms with Gasteiger partial charge in [0, 0.05) is 62.3 Å². The van der Waals surface area contributed by atoms with Crippen molar-refractivity contribution in [3.05, 3.63) is 47.2 Å². The quantitative estimate of drug-likeness (QED) is 0.522. The highest BCUT2D eigenvalue weighted by Crippen LogP contribution is 2.24. The summed E-state index contributed by atoms with van der Waals surface area (Å²) in [4.78, 5) is 28.9. The molecule has 6 nitrogen and oxygen atoms in total. The van der Waals surface area contributed by atoms with Crippen LogP contribution in [0.5, 0.6) is 0 Å². The summed E-state index contributed by atoms with van der Waals surface area (Å²) in [7, 11) is 0. The lowest BCUT2D eigenvalue weighted by atomic mass is 10.1. The molecule has 0 radical (unpaired) electrons. The maximum Gasteiger partial charge on any atom is 0.253 e. The number of hydrogen-bond acceptors (Lipinski definition) is 6. The molecule has 0 saturated carbocycles. The third-order valence-electron chi connectivity index (χ3n) is 5.90. The number of amides is 1. The SMILES string of the molecule is CCN1CCN(c2cc(C)nc(SCc3cccc(C(=O)N4CCCC4)c3)n2)CC1. The largest absolute Gasteiger partial charge is 0.354 e. The number of benzene rings is 1. The van der Waals surface area contributed by atoms with Crippen molar-refractivity contribution < 1.29 is 4.79 Å². The van der Waals surface area contributed by atoms with Gasteiger partial charge in [-0.1, -0.05) is 30.8 Å². The van der Waals surface area contributed by atoms with E-state index in [0.29, 0.717) is 0 Å². The Balaban J connectivity index is 1.41. The summed E-state index contributed by atoms with van der Waals surface area (Å²) in [6, 6.07) is 10.1. The maximum absolute atomic E-state index is 12.7. The summed E-state index contributed by atoms with van der Waals surface area (Å²) in [5, 5.41) is 0.805. The van der Waals surface area contributed by atoms with Crippen LogP contribution in [0.25, 0.3) is 0 Å². The molecule has 2 aromatic rings. The molecule has 3 heterocycles. The van der Waals surface area contributed by atoms with Crippen LogP contribution in [0.4, 0.5) is 5.82 Å². The van der Waals surface area contributed by atoms with E-state index in [0.717, 1.165) is 92.2 Å². The van der Waals surface area contributed by atoms with Crippen molar-refractivity contribution in [3.63, 3.8) is 0 Å². The average molecular weight is 426 g/mol. The number of carbonyl (C=O) groups excluding carboxylic acids is 1. The topological polar surface area (TPSA) is 52.6 Å². The molecule has 4 rings (SSSR count). The predicted octanol–water partition coefficient (Wildman–Crippen LogP) is 3.46. The molecule has 7 heteroatoms. The molecule has 1 aromatic heterocycles. The third kappa shape index (κ3) is 5.13. The second-order valence-corrected chi connectivity index (χ2v) is 9.00. The highest BCUT2D eigenvalue weighted by molar-refractivity contribution is 7.98. The van der Waals surface area contributed by atoms with E-state index in [9.17, 15) is 4.79 Å². The number of aromatic nitrogens is 2. The van der Waals surface area contributed by atoms with Crippen molar-refractivity contribution in [1.82, 2.24) is 19.8 Å². The van der Waals surface area contributed by atoms with E-state index in [1.165, 1.54) is 0 Å². The van der Waals surface area contributed by atoms with Gasteiger partial charge in [0.2, 0.25) is 0 Å². The van der Waals surface area contributed by atoms with Crippen LogP contribution in [-0.2, 0) is 5.75 Å². The fraction of sp³-hybridized carbons (Fsp3) is 0.522. The standard InChI is InChI=1S/C23H31N5OS/c1-3-26-11-13-27(14-12-26)21-15-18(2)24-23(25-21)30-17-19-7-6-8-20(16-19)22(29)28-9-4-5-10-28/h6-8,15-16H,3-5,9-14,17H2,1-2H3.